The van der Waals surface area contributed by atoms with Gasteiger partial charge >= 0.3 is 0 Å². The lowest BCUT2D eigenvalue weighted by Gasteiger charge is -2.33. The Balaban J connectivity index is 1.28. The molecule has 144 valence electrons. The first-order valence-electron chi connectivity index (χ1n) is 9.69. The Labute approximate surface area is 163 Å². The molecule has 4 heterocycles. The summed E-state index contributed by atoms with van der Waals surface area (Å²) in [6.45, 7) is 5.35. The highest BCUT2D eigenvalue weighted by Crippen LogP contribution is 2.26. The number of morpholine rings is 1. The summed E-state index contributed by atoms with van der Waals surface area (Å²) in [4.78, 5) is 13.5. The molecule has 8 heteroatoms. The maximum absolute atomic E-state index is 5.39. The Morgan fingerprint density at radius 1 is 0.929 bits per heavy atom. The van der Waals surface area contributed by atoms with Gasteiger partial charge in [0.2, 0.25) is 5.95 Å². The van der Waals surface area contributed by atoms with E-state index in [1.54, 1.807) is 6.20 Å². The van der Waals surface area contributed by atoms with Crippen LogP contribution in [0.5, 0.6) is 0 Å². The summed E-state index contributed by atoms with van der Waals surface area (Å²) in [5, 5.41) is 10.7. The summed E-state index contributed by atoms with van der Waals surface area (Å²) >= 11 is 0. The molecule has 0 atom stereocenters. The van der Waals surface area contributed by atoms with Crippen molar-refractivity contribution in [3.8, 4) is 11.3 Å². The molecule has 0 unspecified atom stereocenters. The molecule has 2 aliphatic heterocycles. The van der Waals surface area contributed by atoms with Gasteiger partial charge in [-0.2, -0.15) is 10.1 Å². The maximum Gasteiger partial charge on any atom is 0.227 e. The van der Waals surface area contributed by atoms with Gasteiger partial charge in [0.15, 0.2) is 5.82 Å². The summed E-state index contributed by atoms with van der Waals surface area (Å²) in [5.41, 5.74) is 3.37. The quantitative estimate of drug-likeness (QED) is 0.707. The number of benzene rings is 1. The molecule has 0 radical (unpaired) electrons. The second kappa shape index (κ2) is 7.47. The average Bonchev–Trinajstić information content (AvgIpc) is 3.17. The average molecular weight is 377 g/mol. The zero-order chi connectivity index (χ0) is 18.8. The number of hydrogen-bond acceptors (Lipinski definition) is 7. The number of aromatic nitrogens is 4. The number of rotatable bonds is 5. The van der Waals surface area contributed by atoms with Gasteiger partial charge in [0.25, 0.3) is 0 Å². The van der Waals surface area contributed by atoms with Crippen molar-refractivity contribution in [2.75, 3.05) is 54.5 Å². The SMILES string of the molecule is c1cc(Nc2cc(-c3ccc(N4CCC4)cc3)[nH]n2)nc(N2CCOCC2)n1. The second-order valence-corrected chi connectivity index (χ2v) is 7.02. The molecule has 0 amide bonds. The van der Waals surface area contributed by atoms with Crippen molar-refractivity contribution in [3.63, 3.8) is 0 Å². The molecule has 0 spiro atoms. The molecule has 2 aromatic heterocycles. The van der Waals surface area contributed by atoms with Crippen LogP contribution in [0.25, 0.3) is 11.3 Å². The Hall–Kier alpha value is -3.13. The Bertz CT molecular complexity index is 930. The first kappa shape index (κ1) is 17.0. The van der Waals surface area contributed by atoms with Gasteiger partial charge in [-0.3, -0.25) is 5.10 Å². The number of hydrogen-bond donors (Lipinski definition) is 2. The highest BCUT2D eigenvalue weighted by Gasteiger charge is 2.15. The minimum absolute atomic E-state index is 0.709. The zero-order valence-electron chi connectivity index (χ0n) is 15.6. The van der Waals surface area contributed by atoms with Crippen molar-refractivity contribution in [1.29, 1.82) is 0 Å². The molecule has 2 fully saturated rings. The summed E-state index contributed by atoms with van der Waals surface area (Å²) in [6, 6.07) is 12.4. The van der Waals surface area contributed by atoms with Crippen LogP contribution in [0, 0.1) is 0 Å². The third-order valence-corrected chi connectivity index (χ3v) is 5.17. The van der Waals surface area contributed by atoms with Crippen molar-refractivity contribution in [1.82, 2.24) is 20.2 Å². The first-order valence-corrected chi connectivity index (χ1v) is 9.69. The molecular formula is C20H23N7O. The van der Waals surface area contributed by atoms with E-state index in [4.69, 9.17) is 4.74 Å². The molecule has 0 aliphatic carbocycles. The number of nitrogens with one attached hydrogen (secondary N) is 2. The van der Waals surface area contributed by atoms with Crippen LogP contribution < -0.4 is 15.1 Å². The molecule has 28 heavy (non-hydrogen) atoms. The van der Waals surface area contributed by atoms with Crippen LogP contribution in [0.2, 0.25) is 0 Å². The highest BCUT2D eigenvalue weighted by molar-refractivity contribution is 5.67. The van der Waals surface area contributed by atoms with Gasteiger partial charge in [0.1, 0.15) is 5.82 Å². The van der Waals surface area contributed by atoms with Crippen molar-refractivity contribution < 1.29 is 4.74 Å². The lowest BCUT2D eigenvalue weighted by Crippen LogP contribution is -2.37. The molecule has 2 N–H and O–H groups in total. The van der Waals surface area contributed by atoms with Crippen molar-refractivity contribution >= 4 is 23.3 Å². The van der Waals surface area contributed by atoms with Gasteiger partial charge in [-0.15, -0.1) is 0 Å². The molecule has 0 saturated carbocycles. The largest absolute Gasteiger partial charge is 0.378 e. The van der Waals surface area contributed by atoms with E-state index in [0.29, 0.717) is 19.2 Å². The van der Waals surface area contributed by atoms with Crippen LogP contribution >= 0.6 is 0 Å². The fourth-order valence-electron chi connectivity index (χ4n) is 3.42. The number of aromatic amines is 1. The number of H-pyrrole nitrogens is 1. The Morgan fingerprint density at radius 2 is 1.75 bits per heavy atom. The van der Waals surface area contributed by atoms with Crippen LogP contribution in [-0.4, -0.2) is 59.6 Å². The van der Waals surface area contributed by atoms with Crippen molar-refractivity contribution in [2.45, 2.75) is 6.42 Å². The molecule has 2 saturated heterocycles. The highest BCUT2D eigenvalue weighted by atomic mass is 16.5. The normalized spacial score (nSPS) is 16.7. The van der Waals surface area contributed by atoms with Gasteiger partial charge < -0.3 is 19.9 Å². The van der Waals surface area contributed by atoms with Gasteiger partial charge in [0, 0.05) is 44.1 Å². The van der Waals surface area contributed by atoms with Crippen molar-refractivity contribution in [3.05, 3.63) is 42.6 Å². The number of anilines is 4. The molecule has 0 bridgehead atoms. The van der Waals surface area contributed by atoms with Crippen LogP contribution in [0.1, 0.15) is 6.42 Å². The minimum Gasteiger partial charge on any atom is -0.378 e. The zero-order valence-corrected chi connectivity index (χ0v) is 15.6. The molecular weight excluding hydrogens is 354 g/mol. The molecule has 1 aromatic carbocycles. The maximum atomic E-state index is 5.39. The number of nitrogens with zero attached hydrogens (tertiary/aromatic N) is 5. The monoisotopic (exact) mass is 377 g/mol. The van der Waals surface area contributed by atoms with E-state index in [0.717, 1.165) is 49.1 Å². The van der Waals surface area contributed by atoms with Crippen LogP contribution in [0.4, 0.5) is 23.3 Å². The predicted molar refractivity (Wildman–Crippen MR) is 109 cm³/mol. The van der Waals surface area contributed by atoms with Crippen LogP contribution in [0.15, 0.2) is 42.6 Å². The van der Waals surface area contributed by atoms with Crippen molar-refractivity contribution in [2.24, 2.45) is 0 Å². The fraction of sp³-hybridized carbons (Fsp3) is 0.350. The standard InChI is InChI=1S/C20H23N7O/c1-8-26(9-1)16-4-2-15(3-5-16)17-14-19(25-24-17)22-18-6-7-21-20(23-18)27-10-12-28-13-11-27/h2-7,14H,1,8-13H2,(H2,21,22,23,24,25). The topological polar surface area (TPSA) is 82.2 Å². The Morgan fingerprint density at radius 3 is 2.50 bits per heavy atom. The van der Waals surface area contributed by atoms with Crippen LogP contribution in [-0.2, 0) is 4.74 Å². The van der Waals surface area contributed by atoms with Gasteiger partial charge in [-0.25, -0.2) is 4.98 Å². The fourth-order valence-corrected chi connectivity index (χ4v) is 3.42. The van der Waals surface area contributed by atoms with E-state index in [2.05, 4.69) is 59.5 Å². The van der Waals surface area contributed by atoms with Gasteiger partial charge in [-0.1, -0.05) is 12.1 Å². The molecule has 5 rings (SSSR count). The minimum atomic E-state index is 0.709. The summed E-state index contributed by atoms with van der Waals surface area (Å²) in [7, 11) is 0. The van der Waals surface area contributed by atoms with E-state index in [9.17, 15) is 0 Å². The molecule has 8 nitrogen and oxygen atoms in total. The van der Waals surface area contributed by atoms with Gasteiger partial charge in [0.05, 0.1) is 18.9 Å². The van der Waals surface area contributed by atoms with E-state index in [1.807, 2.05) is 12.1 Å². The lowest BCUT2D eigenvalue weighted by molar-refractivity contribution is 0.122. The smallest absolute Gasteiger partial charge is 0.227 e. The number of ether oxygens (including phenoxy) is 1. The molecule has 3 aromatic rings. The third-order valence-electron chi connectivity index (χ3n) is 5.17. The lowest BCUT2D eigenvalue weighted by atomic mass is 10.1. The van der Waals surface area contributed by atoms with E-state index in [-0.39, 0.29) is 0 Å². The summed E-state index contributed by atoms with van der Waals surface area (Å²) < 4.78 is 5.39. The first-order chi connectivity index (χ1) is 13.8. The van der Waals surface area contributed by atoms with Gasteiger partial charge in [-0.05, 0) is 30.2 Å². The second-order valence-electron chi connectivity index (χ2n) is 7.02. The summed E-state index contributed by atoms with van der Waals surface area (Å²) in [5.74, 6) is 2.17. The van der Waals surface area contributed by atoms with Crippen LogP contribution in [0.3, 0.4) is 0 Å². The van der Waals surface area contributed by atoms with E-state index < -0.39 is 0 Å². The van der Waals surface area contributed by atoms with E-state index in [1.165, 1.54) is 12.1 Å². The predicted octanol–water partition coefficient (Wildman–Crippen LogP) is 2.66. The summed E-state index contributed by atoms with van der Waals surface area (Å²) in [6.07, 6.45) is 3.05. The molecule has 2 aliphatic rings. The Kier molecular flexibility index (Phi) is 4.54. The third kappa shape index (κ3) is 3.50. The van der Waals surface area contributed by atoms with E-state index >= 15 is 0 Å².